The molecule has 0 aliphatic carbocycles. The van der Waals surface area contributed by atoms with Crippen LogP contribution in [0.5, 0.6) is 0 Å². The maximum atomic E-state index is 14.0. The van der Waals surface area contributed by atoms with Gasteiger partial charge < -0.3 is 24.7 Å². The number of alkyl halides is 3. The number of furan rings is 1. The number of hydrogen-bond acceptors (Lipinski definition) is 6. The zero-order valence-corrected chi connectivity index (χ0v) is 19.1. The third-order valence-electron chi connectivity index (χ3n) is 5.26. The van der Waals surface area contributed by atoms with Crippen molar-refractivity contribution in [2.45, 2.75) is 39.5 Å². The van der Waals surface area contributed by atoms with E-state index in [0.717, 1.165) is 6.07 Å². The fraction of sp³-hybridized carbons (Fsp3) is 0.409. The summed E-state index contributed by atoms with van der Waals surface area (Å²) in [7, 11) is 0. The quantitative estimate of drug-likeness (QED) is 0.484. The van der Waals surface area contributed by atoms with Gasteiger partial charge in [-0.15, -0.1) is 0 Å². The van der Waals surface area contributed by atoms with Crippen LogP contribution < -0.4 is 15.5 Å². The van der Waals surface area contributed by atoms with Crippen molar-refractivity contribution in [3.8, 4) is 0 Å². The lowest BCUT2D eigenvalue weighted by atomic mass is 10.1. The minimum absolute atomic E-state index is 0.0377. The highest BCUT2D eigenvalue weighted by Gasteiger charge is 2.23. The Morgan fingerprint density at radius 1 is 1.20 bits per heavy atom. The highest BCUT2D eigenvalue weighted by atomic mass is 19.4. The van der Waals surface area contributed by atoms with E-state index in [9.17, 15) is 26.7 Å². The molecule has 190 valence electrons. The molecule has 1 fully saturated rings. The zero-order chi connectivity index (χ0) is 25.7. The Bertz CT molecular complexity index is 1160. The first kappa shape index (κ1) is 26.1. The van der Waals surface area contributed by atoms with Crippen LogP contribution in [0.25, 0.3) is 11.0 Å². The van der Waals surface area contributed by atoms with E-state index in [1.165, 1.54) is 18.5 Å². The molecule has 35 heavy (non-hydrogen) atoms. The molecule has 0 bridgehead atoms. The van der Waals surface area contributed by atoms with E-state index < -0.39 is 30.4 Å². The molecule has 13 heteroatoms. The van der Waals surface area contributed by atoms with Crippen LogP contribution in [-0.2, 0) is 4.74 Å². The van der Waals surface area contributed by atoms with Crippen molar-refractivity contribution in [2.24, 2.45) is 0 Å². The summed E-state index contributed by atoms with van der Waals surface area (Å²) in [6, 6.07) is 1.06. The third kappa shape index (κ3) is 6.56. The van der Waals surface area contributed by atoms with Crippen molar-refractivity contribution in [3.05, 3.63) is 47.5 Å². The molecule has 2 aromatic heterocycles. The molecule has 3 aromatic rings. The number of morpholine rings is 1. The van der Waals surface area contributed by atoms with Crippen LogP contribution in [-0.4, -0.2) is 48.5 Å². The van der Waals surface area contributed by atoms with Crippen LogP contribution >= 0.6 is 0 Å². The maximum absolute atomic E-state index is 14.0. The summed E-state index contributed by atoms with van der Waals surface area (Å²) in [5.74, 6) is -0.550. The molecule has 0 saturated carbocycles. The SMILES string of the molecule is Cc1c(C(C)NC(=O)Nc2cnc(N3CCOC[C@H]3C)nc2)oc2c(F)cc(F)cc12.FC(F)F. The molecule has 2 amide bonds. The number of urea groups is 1. The number of rotatable bonds is 4. The summed E-state index contributed by atoms with van der Waals surface area (Å²) in [6.07, 6.45) is 3.05. The van der Waals surface area contributed by atoms with Crippen LogP contribution in [0.4, 0.5) is 38.4 Å². The van der Waals surface area contributed by atoms with E-state index in [2.05, 4.69) is 20.6 Å². The Morgan fingerprint density at radius 3 is 2.49 bits per heavy atom. The van der Waals surface area contributed by atoms with Crippen molar-refractivity contribution in [1.82, 2.24) is 15.3 Å². The smallest absolute Gasteiger partial charge is 0.379 e. The summed E-state index contributed by atoms with van der Waals surface area (Å²) >= 11 is 0. The van der Waals surface area contributed by atoms with Gasteiger partial charge >= 0.3 is 12.7 Å². The number of carbonyl (C=O) groups excluding carboxylic acids is 1. The molecule has 1 aliphatic heterocycles. The lowest BCUT2D eigenvalue weighted by Gasteiger charge is -2.33. The second kappa shape index (κ2) is 11.3. The highest BCUT2D eigenvalue weighted by molar-refractivity contribution is 5.89. The fourth-order valence-electron chi connectivity index (χ4n) is 3.66. The number of nitrogens with one attached hydrogen (secondary N) is 2. The molecule has 1 aromatic carbocycles. The molecule has 1 aliphatic rings. The summed E-state index contributed by atoms with van der Waals surface area (Å²) in [5.41, 5.74) is 0.946. The van der Waals surface area contributed by atoms with Gasteiger partial charge in [-0.3, -0.25) is 0 Å². The Kier molecular flexibility index (Phi) is 8.43. The summed E-state index contributed by atoms with van der Waals surface area (Å²) in [6.45, 7) is 3.68. The summed E-state index contributed by atoms with van der Waals surface area (Å²) in [5, 5.41) is 5.72. The minimum Gasteiger partial charge on any atom is -0.456 e. The molecular formula is C22H24F5N5O3. The second-order valence-corrected chi connectivity index (χ2v) is 7.81. The fourth-order valence-corrected chi connectivity index (χ4v) is 3.66. The number of aryl methyl sites for hydroxylation is 1. The predicted octanol–water partition coefficient (Wildman–Crippen LogP) is 5.10. The number of carbonyl (C=O) groups is 1. The standard InChI is InChI=1S/C21H23F2N5O3.CHF3/c1-11-10-30-5-4-28(11)20-24-8-15(9-25-20)27-21(29)26-13(3)18-12(2)16-6-14(22)7-17(23)19(16)31-18;2-1(3)4/h6-9,11,13H,4-5,10H2,1-3H3,(H2,26,27,29);1H/t11-,13?;/m1./s1. The highest BCUT2D eigenvalue weighted by Crippen LogP contribution is 2.31. The van der Waals surface area contributed by atoms with Gasteiger partial charge in [0.25, 0.3) is 0 Å². The Balaban J connectivity index is 0.000000795. The molecule has 0 spiro atoms. The van der Waals surface area contributed by atoms with Gasteiger partial charge in [-0.05, 0) is 26.8 Å². The second-order valence-electron chi connectivity index (χ2n) is 7.81. The lowest BCUT2D eigenvalue weighted by molar-refractivity contribution is 0.00818. The molecule has 1 saturated heterocycles. The number of ether oxygens (including phenoxy) is 1. The van der Waals surface area contributed by atoms with Crippen LogP contribution in [0.1, 0.15) is 31.2 Å². The summed E-state index contributed by atoms with van der Waals surface area (Å²) in [4.78, 5) is 23.1. The number of halogens is 5. The van der Waals surface area contributed by atoms with Crippen molar-refractivity contribution in [1.29, 1.82) is 0 Å². The lowest BCUT2D eigenvalue weighted by Crippen LogP contribution is -2.44. The Hall–Kier alpha value is -3.48. The Morgan fingerprint density at radius 2 is 1.86 bits per heavy atom. The van der Waals surface area contributed by atoms with Crippen LogP contribution in [0, 0.1) is 18.6 Å². The van der Waals surface area contributed by atoms with Gasteiger partial charge in [0.15, 0.2) is 11.4 Å². The number of hydrogen-bond donors (Lipinski definition) is 2. The topological polar surface area (TPSA) is 92.5 Å². The number of nitrogens with zero attached hydrogens (tertiary/aromatic N) is 3. The number of fused-ring (bicyclic) bond motifs is 1. The number of amides is 2. The van der Waals surface area contributed by atoms with Gasteiger partial charge in [0.05, 0.1) is 43.4 Å². The van der Waals surface area contributed by atoms with E-state index >= 15 is 0 Å². The number of anilines is 2. The molecule has 2 atom stereocenters. The number of aromatic nitrogens is 2. The largest absolute Gasteiger partial charge is 0.456 e. The van der Waals surface area contributed by atoms with E-state index in [1.807, 2.05) is 11.8 Å². The van der Waals surface area contributed by atoms with E-state index in [-0.39, 0.29) is 11.6 Å². The number of benzene rings is 1. The first-order valence-corrected chi connectivity index (χ1v) is 10.6. The molecule has 4 rings (SSSR count). The van der Waals surface area contributed by atoms with Gasteiger partial charge in [0.1, 0.15) is 11.6 Å². The van der Waals surface area contributed by atoms with Crippen molar-refractivity contribution in [3.63, 3.8) is 0 Å². The monoisotopic (exact) mass is 501 g/mol. The average Bonchev–Trinajstić information content (AvgIpc) is 3.11. The van der Waals surface area contributed by atoms with Crippen molar-refractivity contribution < 1.29 is 35.9 Å². The van der Waals surface area contributed by atoms with Crippen LogP contribution in [0.15, 0.2) is 28.9 Å². The van der Waals surface area contributed by atoms with Gasteiger partial charge in [-0.1, -0.05) is 0 Å². The van der Waals surface area contributed by atoms with Gasteiger partial charge in [-0.25, -0.2) is 23.5 Å². The average molecular weight is 501 g/mol. The maximum Gasteiger partial charge on any atom is 0.379 e. The summed E-state index contributed by atoms with van der Waals surface area (Å²) < 4.78 is 67.5. The third-order valence-corrected chi connectivity index (χ3v) is 5.26. The van der Waals surface area contributed by atoms with E-state index in [1.54, 1.807) is 13.8 Å². The Labute approximate surface area is 197 Å². The van der Waals surface area contributed by atoms with Gasteiger partial charge in [0.2, 0.25) is 5.95 Å². The molecule has 0 radical (unpaired) electrons. The van der Waals surface area contributed by atoms with E-state index in [4.69, 9.17) is 9.15 Å². The minimum atomic E-state index is -3.67. The molecule has 1 unspecified atom stereocenters. The first-order chi connectivity index (χ1) is 16.6. The van der Waals surface area contributed by atoms with Crippen molar-refractivity contribution in [2.75, 3.05) is 30.0 Å². The normalized spacial score (nSPS) is 16.6. The molecular weight excluding hydrogens is 477 g/mol. The predicted molar refractivity (Wildman–Crippen MR) is 118 cm³/mol. The zero-order valence-electron chi connectivity index (χ0n) is 19.1. The van der Waals surface area contributed by atoms with Gasteiger partial charge in [0, 0.05) is 23.6 Å². The van der Waals surface area contributed by atoms with Crippen LogP contribution in [0.2, 0.25) is 0 Å². The molecule has 3 heterocycles. The molecule has 8 nitrogen and oxygen atoms in total. The molecule has 2 N–H and O–H groups in total. The first-order valence-electron chi connectivity index (χ1n) is 10.6. The van der Waals surface area contributed by atoms with E-state index in [0.29, 0.717) is 48.1 Å². The van der Waals surface area contributed by atoms with Crippen LogP contribution in [0.3, 0.4) is 0 Å². The van der Waals surface area contributed by atoms with Crippen molar-refractivity contribution >= 4 is 28.6 Å². The van der Waals surface area contributed by atoms with Gasteiger partial charge in [-0.2, -0.15) is 13.2 Å².